The lowest BCUT2D eigenvalue weighted by molar-refractivity contribution is -0.118. The van der Waals surface area contributed by atoms with E-state index in [1.54, 1.807) is 19.1 Å². The van der Waals surface area contributed by atoms with E-state index < -0.39 is 11.9 Å². The fraction of sp³-hybridized carbons (Fsp3) is 0.400. The first-order valence-electron chi connectivity index (χ1n) is 7.24. The molecule has 0 saturated heterocycles. The Bertz CT molecular complexity index is 650. The molecule has 0 aliphatic heterocycles. The largest absolute Gasteiger partial charge is 0.478 e. The van der Waals surface area contributed by atoms with Crippen LogP contribution in [0.5, 0.6) is 5.75 Å². The van der Waals surface area contributed by atoms with Crippen molar-refractivity contribution >= 4 is 17.7 Å². The number of carbonyl (C=O) groups is 1. The van der Waals surface area contributed by atoms with Crippen LogP contribution in [0.4, 0.5) is 4.39 Å². The van der Waals surface area contributed by atoms with Crippen molar-refractivity contribution in [2.24, 2.45) is 0 Å². The molecule has 0 aliphatic carbocycles. The predicted molar refractivity (Wildman–Crippen MR) is 83.8 cm³/mol. The second kappa shape index (κ2) is 8.52. The summed E-state index contributed by atoms with van der Waals surface area (Å²) in [6.07, 6.45) is 0.286. The van der Waals surface area contributed by atoms with Crippen molar-refractivity contribution in [3.63, 3.8) is 0 Å². The van der Waals surface area contributed by atoms with Crippen LogP contribution < -0.4 is 10.1 Å². The van der Waals surface area contributed by atoms with Gasteiger partial charge >= 0.3 is 0 Å². The Balaban J connectivity index is 1.88. The lowest BCUT2D eigenvalue weighted by Crippen LogP contribution is -2.25. The van der Waals surface area contributed by atoms with Crippen LogP contribution in [0.3, 0.4) is 0 Å². The van der Waals surface area contributed by atoms with Gasteiger partial charge in [0.1, 0.15) is 0 Å². The maximum Gasteiger partial charge on any atom is 0.277 e. The van der Waals surface area contributed by atoms with E-state index in [0.717, 1.165) is 18.2 Å². The van der Waals surface area contributed by atoms with E-state index in [4.69, 9.17) is 9.15 Å². The molecular weight excluding hydrogens is 321 g/mol. The summed E-state index contributed by atoms with van der Waals surface area (Å²) in [5.74, 6) is -0.00568. The summed E-state index contributed by atoms with van der Waals surface area (Å²) in [5, 5.41) is 10.7. The van der Waals surface area contributed by atoms with E-state index in [1.807, 2.05) is 6.92 Å². The van der Waals surface area contributed by atoms with Crippen LogP contribution in [-0.4, -0.2) is 28.4 Å². The van der Waals surface area contributed by atoms with Crippen LogP contribution >= 0.6 is 11.8 Å². The lowest BCUT2D eigenvalue weighted by Gasteiger charge is -2.11. The highest BCUT2D eigenvalue weighted by Crippen LogP contribution is 2.25. The standard InChI is InChI=1S/C15H18FN3O3S/c1-3-8-17-13(20)9-23-15-19-18-14(22-15)10(2)21-12-7-5-4-6-11(12)16/h4-7,10H,3,8-9H2,1-2H3,(H,17,20)/t10-/m0/s1. The van der Waals surface area contributed by atoms with Gasteiger partial charge in [0.2, 0.25) is 5.91 Å². The summed E-state index contributed by atoms with van der Waals surface area (Å²) >= 11 is 1.14. The van der Waals surface area contributed by atoms with Gasteiger partial charge in [-0.15, -0.1) is 10.2 Å². The smallest absolute Gasteiger partial charge is 0.277 e. The number of halogens is 1. The Labute approximate surface area is 137 Å². The van der Waals surface area contributed by atoms with E-state index in [9.17, 15) is 9.18 Å². The number of nitrogens with zero attached hydrogens (tertiary/aromatic N) is 2. The van der Waals surface area contributed by atoms with E-state index in [1.165, 1.54) is 12.1 Å². The van der Waals surface area contributed by atoms with Crippen LogP contribution in [0.25, 0.3) is 0 Å². The van der Waals surface area contributed by atoms with Gasteiger partial charge in [0.25, 0.3) is 11.1 Å². The van der Waals surface area contributed by atoms with Crippen LogP contribution in [0, 0.1) is 5.82 Å². The third kappa shape index (κ3) is 5.24. The van der Waals surface area contributed by atoms with E-state index in [0.29, 0.717) is 6.54 Å². The van der Waals surface area contributed by atoms with Crippen molar-refractivity contribution in [1.29, 1.82) is 0 Å². The molecule has 23 heavy (non-hydrogen) atoms. The zero-order valence-electron chi connectivity index (χ0n) is 12.9. The third-order valence-corrected chi connectivity index (χ3v) is 3.63. The Kier molecular flexibility index (Phi) is 6.40. The number of para-hydroxylation sites is 1. The fourth-order valence-electron chi connectivity index (χ4n) is 1.67. The van der Waals surface area contributed by atoms with Gasteiger partial charge in [-0.2, -0.15) is 0 Å². The summed E-state index contributed by atoms with van der Waals surface area (Å²) in [6.45, 7) is 4.30. The van der Waals surface area contributed by atoms with Crippen LogP contribution in [0.15, 0.2) is 33.9 Å². The predicted octanol–water partition coefficient (Wildman–Crippen LogP) is 2.97. The number of hydrogen-bond acceptors (Lipinski definition) is 6. The third-order valence-electron chi connectivity index (χ3n) is 2.81. The molecular formula is C15H18FN3O3S. The second-order valence-electron chi connectivity index (χ2n) is 4.74. The molecule has 0 aliphatic rings. The van der Waals surface area contributed by atoms with Gasteiger partial charge in [0, 0.05) is 6.54 Å². The summed E-state index contributed by atoms with van der Waals surface area (Å²) in [6, 6.07) is 6.09. The van der Waals surface area contributed by atoms with Crippen molar-refractivity contribution in [2.45, 2.75) is 31.6 Å². The first-order chi connectivity index (χ1) is 11.1. The monoisotopic (exact) mass is 339 g/mol. The van der Waals surface area contributed by atoms with Gasteiger partial charge in [-0.1, -0.05) is 30.8 Å². The molecule has 1 amide bonds. The maximum absolute atomic E-state index is 13.5. The number of thioether (sulfide) groups is 1. The Morgan fingerprint density at radius 1 is 1.43 bits per heavy atom. The molecule has 2 aromatic rings. The SMILES string of the molecule is CCCNC(=O)CSc1nnc([C@H](C)Oc2ccccc2F)o1. The molecule has 0 fully saturated rings. The van der Waals surface area contributed by atoms with E-state index >= 15 is 0 Å². The normalized spacial score (nSPS) is 12.0. The fourth-order valence-corrected chi connectivity index (χ4v) is 2.27. The Morgan fingerprint density at radius 3 is 2.96 bits per heavy atom. The van der Waals surface area contributed by atoms with Gasteiger partial charge < -0.3 is 14.5 Å². The van der Waals surface area contributed by atoms with Crippen LogP contribution in [-0.2, 0) is 4.79 Å². The minimum atomic E-state index is -0.595. The van der Waals surface area contributed by atoms with Crippen molar-refractivity contribution in [3.8, 4) is 5.75 Å². The average molecular weight is 339 g/mol. The van der Waals surface area contributed by atoms with Gasteiger partial charge in [0.05, 0.1) is 5.75 Å². The quantitative estimate of drug-likeness (QED) is 0.745. The molecule has 0 saturated carbocycles. The lowest BCUT2D eigenvalue weighted by atomic mass is 10.3. The number of ether oxygens (including phenoxy) is 1. The number of aromatic nitrogens is 2. The van der Waals surface area contributed by atoms with Crippen molar-refractivity contribution in [1.82, 2.24) is 15.5 Å². The topological polar surface area (TPSA) is 77.2 Å². The minimum absolute atomic E-state index is 0.0905. The number of amides is 1. The first kappa shape index (κ1) is 17.3. The highest BCUT2D eigenvalue weighted by molar-refractivity contribution is 7.99. The summed E-state index contributed by atoms with van der Waals surface area (Å²) in [4.78, 5) is 11.5. The van der Waals surface area contributed by atoms with Gasteiger partial charge in [0.15, 0.2) is 17.7 Å². The summed E-state index contributed by atoms with van der Waals surface area (Å²) < 4.78 is 24.4. The first-order valence-corrected chi connectivity index (χ1v) is 8.22. The van der Waals surface area contributed by atoms with E-state index in [2.05, 4.69) is 15.5 Å². The molecule has 1 N–H and O–H groups in total. The van der Waals surface area contributed by atoms with Gasteiger partial charge in [-0.25, -0.2) is 4.39 Å². The minimum Gasteiger partial charge on any atom is -0.478 e. The number of hydrogen-bond donors (Lipinski definition) is 1. The molecule has 1 heterocycles. The highest BCUT2D eigenvalue weighted by atomic mass is 32.2. The second-order valence-corrected chi connectivity index (χ2v) is 5.66. The van der Waals surface area contributed by atoms with E-state index in [-0.39, 0.29) is 28.5 Å². The highest BCUT2D eigenvalue weighted by Gasteiger charge is 2.18. The molecule has 2 rings (SSSR count). The molecule has 8 heteroatoms. The Hall–Kier alpha value is -2.09. The van der Waals surface area contributed by atoms with Crippen LogP contribution in [0.1, 0.15) is 32.3 Å². The number of carbonyl (C=O) groups excluding carboxylic acids is 1. The van der Waals surface area contributed by atoms with Crippen LogP contribution in [0.2, 0.25) is 0 Å². The van der Waals surface area contributed by atoms with Crippen molar-refractivity contribution in [2.75, 3.05) is 12.3 Å². The number of benzene rings is 1. The van der Waals surface area contributed by atoms with Gasteiger partial charge in [-0.3, -0.25) is 4.79 Å². The van der Waals surface area contributed by atoms with Crippen molar-refractivity contribution in [3.05, 3.63) is 36.0 Å². The molecule has 124 valence electrons. The van der Waals surface area contributed by atoms with Crippen molar-refractivity contribution < 1.29 is 18.3 Å². The molecule has 0 bridgehead atoms. The number of rotatable bonds is 8. The molecule has 0 radical (unpaired) electrons. The van der Waals surface area contributed by atoms with Gasteiger partial charge in [-0.05, 0) is 25.5 Å². The molecule has 6 nitrogen and oxygen atoms in total. The molecule has 0 spiro atoms. The zero-order valence-corrected chi connectivity index (χ0v) is 13.7. The number of nitrogens with one attached hydrogen (secondary N) is 1. The molecule has 1 aromatic heterocycles. The summed E-state index contributed by atoms with van der Waals surface area (Å²) in [5.41, 5.74) is 0. The molecule has 1 atom stereocenters. The molecule has 1 aromatic carbocycles. The molecule has 0 unspecified atom stereocenters. The maximum atomic E-state index is 13.5. The average Bonchev–Trinajstić information content (AvgIpc) is 3.02. The Morgan fingerprint density at radius 2 is 2.22 bits per heavy atom. The summed E-state index contributed by atoms with van der Waals surface area (Å²) in [7, 11) is 0. The zero-order chi connectivity index (χ0) is 16.7.